The molecule has 1 aromatic carbocycles. The molecule has 2 aliphatic heterocycles. The number of hydrogen-bond donors (Lipinski definition) is 1. The van der Waals surface area contributed by atoms with Crippen molar-refractivity contribution in [3.63, 3.8) is 0 Å². The molecule has 1 N–H and O–H groups in total. The number of amides is 1. The first kappa shape index (κ1) is 23.3. The average molecular weight is 449 g/mol. The summed E-state index contributed by atoms with van der Waals surface area (Å²) < 4.78 is 35.1. The van der Waals surface area contributed by atoms with Crippen LogP contribution in [0.25, 0.3) is 0 Å². The van der Waals surface area contributed by atoms with Crippen LogP contribution in [0.1, 0.15) is 59.9 Å². The zero-order chi connectivity index (χ0) is 23.1. The van der Waals surface area contributed by atoms with Gasteiger partial charge in [-0.2, -0.15) is 12.8 Å². The Balaban J connectivity index is 2.09. The molecular formula is C23H32N2O5S. The highest BCUT2D eigenvalue weighted by molar-refractivity contribution is 7.91. The number of sulfonamides is 1. The lowest BCUT2D eigenvalue weighted by Gasteiger charge is -2.29. The molecule has 0 saturated carbocycles. The van der Waals surface area contributed by atoms with Crippen LogP contribution in [0.2, 0.25) is 0 Å². The van der Waals surface area contributed by atoms with E-state index in [1.165, 1.54) is 0 Å². The fourth-order valence-electron chi connectivity index (χ4n) is 3.96. The highest BCUT2D eigenvalue weighted by atomic mass is 32.2. The minimum atomic E-state index is -4.04. The lowest BCUT2D eigenvalue weighted by atomic mass is 9.91. The molecule has 1 amide bonds. The van der Waals surface area contributed by atoms with Gasteiger partial charge in [-0.3, -0.25) is 4.79 Å². The Bertz CT molecular complexity index is 1050. The third-order valence-electron chi connectivity index (χ3n) is 5.46. The second-order valence-corrected chi connectivity index (χ2v) is 11.2. The van der Waals surface area contributed by atoms with Gasteiger partial charge in [0.2, 0.25) is 0 Å². The molecule has 2 heterocycles. The van der Waals surface area contributed by atoms with Crippen LogP contribution >= 0.6 is 0 Å². The topological polar surface area (TPSA) is 96.3 Å². The fourth-order valence-corrected chi connectivity index (χ4v) is 5.31. The smallest absolute Gasteiger partial charge is 0.287 e. The molecule has 7 nitrogen and oxygen atoms in total. The van der Waals surface area contributed by atoms with Crippen LogP contribution in [0, 0.1) is 11.3 Å². The van der Waals surface area contributed by atoms with Crippen LogP contribution in [0.5, 0.6) is 5.75 Å². The van der Waals surface area contributed by atoms with E-state index in [2.05, 4.69) is 25.2 Å². The van der Waals surface area contributed by atoms with Crippen LogP contribution in [0.4, 0.5) is 0 Å². The fraction of sp³-hybridized carbons (Fsp3) is 0.565. The first-order valence-electron chi connectivity index (χ1n) is 10.7. The zero-order valence-electron chi connectivity index (χ0n) is 19.1. The van der Waals surface area contributed by atoms with Crippen LogP contribution in [-0.4, -0.2) is 49.2 Å². The van der Waals surface area contributed by atoms with E-state index in [-0.39, 0.29) is 44.9 Å². The summed E-state index contributed by atoms with van der Waals surface area (Å²) in [7, 11) is -4.04. The Morgan fingerprint density at radius 2 is 1.94 bits per heavy atom. The third-order valence-corrected chi connectivity index (χ3v) is 6.82. The van der Waals surface area contributed by atoms with Crippen molar-refractivity contribution in [1.29, 1.82) is 0 Å². The van der Waals surface area contributed by atoms with Crippen molar-refractivity contribution in [2.75, 3.05) is 13.2 Å². The largest absolute Gasteiger partial charge is 0.509 e. The van der Waals surface area contributed by atoms with Crippen molar-refractivity contribution in [2.24, 2.45) is 15.7 Å². The molecule has 0 spiro atoms. The molecule has 8 heteroatoms. The zero-order valence-corrected chi connectivity index (χ0v) is 19.9. The summed E-state index contributed by atoms with van der Waals surface area (Å²) in [5.41, 5.74) is 0.289. The summed E-state index contributed by atoms with van der Waals surface area (Å²) in [6.45, 7) is 12.9. The van der Waals surface area contributed by atoms with E-state index in [9.17, 15) is 18.3 Å². The maximum absolute atomic E-state index is 13.4. The molecule has 1 atom stereocenters. The maximum atomic E-state index is 13.4. The Morgan fingerprint density at radius 3 is 2.52 bits per heavy atom. The maximum Gasteiger partial charge on any atom is 0.287 e. The minimum absolute atomic E-state index is 0.00562. The van der Waals surface area contributed by atoms with Crippen LogP contribution in [-0.2, 0) is 14.8 Å². The van der Waals surface area contributed by atoms with E-state index in [0.717, 1.165) is 6.42 Å². The molecule has 3 rings (SSSR count). The molecule has 0 aromatic heterocycles. The molecule has 0 fully saturated rings. The highest BCUT2D eigenvalue weighted by Gasteiger charge is 2.45. The summed E-state index contributed by atoms with van der Waals surface area (Å²) >= 11 is 0. The summed E-state index contributed by atoms with van der Waals surface area (Å²) in [6, 6.07) is 4.35. The normalized spacial score (nSPS) is 20.5. The monoisotopic (exact) mass is 448 g/mol. The van der Waals surface area contributed by atoms with Gasteiger partial charge >= 0.3 is 0 Å². The predicted octanol–water partition coefficient (Wildman–Crippen LogP) is 4.08. The number of nitrogens with zero attached hydrogens (tertiary/aromatic N) is 2. The second-order valence-electron chi connectivity index (χ2n) is 9.70. The quantitative estimate of drug-likeness (QED) is 0.678. The van der Waals surface area contributed by atoms with E-state index in [1.54, 1.807) is 30.0 Å². The first-order valence-corrected chi connectivity index (χ1v) is 12.2. The van der Waals surface area contributed by atoms with Crippen molar-refractivity contribution in [3.05, 3.63) is 35.1 Å². The molecule has 170 valence electrons. The van der Waals surface area contributed by atoms with Gasteiger partial charge in [0.05, 0.1) is 12.6 Å². The number of rotatable bonds is 7. The van der Waals surface area contributed by atoms with E-state index in [4.69, 9.17) is 4.74 Å². The molecule has 0 aliphatic carbocycles. The van der Waals surface area contributed by atoms with Crippen molar-refractivity contribution in [1.82, 2.24) is 4.90 Å². The first-order chi connectivity index (χ1) is 14.4. The van der Waals surface area contributed by atoms with Crippen LogP contribution in [0.15, 0.2) is 38.8 Å². The number of ether oxygens (including phenoxy) is 1. The average Bonchev–Trinajstić information content (AvgIpc) is 3.04. The molecule has 1 aromatic rings. The van der Waals surface area contributed by atoms with Gasteiger partial charge in [-0.1, -0.05) is 46.8 Å². The van der Waals surface area contributed by atoms with E-state index in [0.29, 0.717) is 25.1 Å². The van der Waals surface area contributed by atoms with Gasteiger partial charge < -0.3 is 14.7 Å². The Hall–Kier alpha value is -2.35. The lowest BCUT2D eigenvalue weighted by Crippen LogP contribution is -2.39. The number of hydrogen-bond acceptors (Lipinski definition) is 5. The van der Waals surface area contributed by atoms with Crippen LogP contribution < -0.4 is 4.74 Å². The van der Waals surface area contributed by atoms with Gasteiger partial charge in [0, 0.05) is 12.1 Å². The number of fused-ring (bicyclic) bond motifs is 1. The van der Waals surface area contributed by atoms with Crippen molar-refractivity contribution in [2.45, 2.75) is 65.3 Å². The molecular weight excluding hydrogens is 416 g/mol. The summed E-state index contributed by atoms with van der Waals surface area (Å²) in [5.74, 6) is -0.0395. The minimum Gasteiger partial charge on any atom is -0.509 e. The molecule has 0 bridgehead atoms. The number of carbonyl (C=O) groups is 1. The summed E-state index contributed by atoms with van der Waals surface area (Å²) in [5, 5.41) is 11.1. The Labute approximate surface area is 184 Å². The summed E-state index contributed by atoms with van der Waals surface area (Å²) in [6.07, 6.45) is 1.33. The van der Waals surface area contributed by atoms with Gasteiger partial charge in [0.15, 0.2) is 0 Å². The van der Waals surface area contributed by atoms with Crippen LogP contribution in [0.3, 0.4) is 0 Å². The second kappa shape index (κ2) is 8.30. The molecule has 0 radical (unpaired) electrons. The van der Waals surface area contributed by atoms with Gasteiger partial charge in [-0.05, 0) is 37.2 Å². The van der Waals surface area contributed by atoms with Gasteiger partial charge in [0.25, 0.3) is 15.9 Å². The molecule has 0 saturated heterocycles. The third kappa shape index (κ3) is 4.49. The van der Waals surface area contributed by atoms with E-state index >= 15 is 0 Å². The van der Waals surface area contributed by atoms with Gasteiger partial charge in [-0.25, -0.2) is 0 Å². The number of carbonyl (C=O) groups excluding carboxylic acids is 1. The standard InChI is InChI=1S/C23H32N2O5S/c1-7-30-17-10-8-9-15-19(24-31(28,29)21(15)17)18-20(26)16(13-14(2)3)25(22(18)27)12-11-23(4,5)6/h8-10,14,16,26H,7,11-13H2,1-6H3/t16-/m0/s1. The van der Waals surface area contributed by atoms with Gasteiger partial charge in [-0.15, -0.1) is 0 Å². The SMILES string of the molecule is CCOc1cccc2c1S(=O)(=O)N=C2C1=C(O)[C@H](CC(C)C)N(CCC(C)(C)C)C1=O. The highest BCUT2D eigenvalue weighted by Crippen LogP contribution is 2.40. The number of aliphatic hydroxyl groups is 1. The predicted molar refractivity (Wildman–Crippen MR) is 120 cm³/mol. The lowest BCUT2D eigenvalue weighted by molar-refractivity contribution is -0.127. The van der Waals surface area contributed by atoms with E-state index < -0.39 is 16.1 Å². The Morgan fingerprint density at radius 1 is 1.26 bits per heavy atom. The summed E-state index contributed by atoms with van der Waals surface area (Å²) in [4.78, 5) is 15.1. The van der Waals surface area contributed by atoms with Crippen molar-refractivity contribution in [3.8, 4) is 5.75 Å². The van der Waals surface area contributed by atoms with Gasteiger partial charge in [0.1, 0.15) is 27.7 Å². The number of aliphatic hydroxyl groups excluding tert-OH is 1. The Kier molecular flexibility index (Phi) is 6.24. The van der Waals surface area contributed by atoms with Crippen molar-refractivity contribution >= 4 is 21.6 Å². The molecule has 31 heavy (non-hydrogen) atoms. The van der Waals surface area contributed by atoms with E-state index in [1.807, 2.05) is 13.8 Å². The van der Waals surface area contributed by atoms with Crippen molar-refractivity contribution < 1.29 is 23.1 Å². The number of benzene rings is 1. The molecule has 0 unspecified atom stereocenters. The molecule has 2 aliphatic rings.